The highest BCUT2D eigenvalue weighted by Crippen LogP contribution is 2.24. The Morgan fingerprint density at radius 2 is 1.75 bits per heavy atom. The van der Waals surface area contributed by atoms with Gasteiger partial charge in [-0.3, -0.25) is 9.59 Å². The summed E-state index contributed by atoms with van der Waals surface area (Å²) < 4.78 is 0. The summed E-state index contributed by atoms with van der Waals surface area (Å²) in [7, 11) is 0. The van der Waals surface area contributed by atoms with Crippen LogP contribution in [-0.4, -0.2) is 41.2 Å². The van der Waals surface area contributed by atoms with Crippen molar-refractivity contribution in [3.8, 4) is 0 Å². The van der Waals surface area contributed by atoms with Crippen LogP contribution in [0.1, 0.15) is 36.1 Å². The van der Waals surface area contributed by atoms with Crippen LogP contribution >= 0.6 is 11.3 Å². The van der Waals surface area contributed by atoms with Gasteiger partial charge in [0, 0.05) is 43.9 Å². The molecule has 0 spiro atoms. The minimum Gasteiger partial charge on any atom is -0.343 e. The summed E-state index contributed by atoms with van der Waals surface area (Å²) in [5, 5.41) is 2.09. The van der Waals surface area contributed by atoms with Crippen LogP contribution in [0, 0.1) is 0 Å². The number of amides is 2. The van der Waals surface area contributed by atoms with Gasteiger partial charge in [0.2, 0.25) is 11.8 Å². The first kappa shape index (κ1) is 13.6. The fourth-order valence-corrected chi connectivity index (χ4v) is 3.85. The summed E-state index contributed by atoms with van der Waals surface area (Å²) >= 11 is 1.78. The number of fused-ring (bicyclic) bond motifs is 1. The monoisotopic (exact) mass is 292 g/mol. The van der Waals surface area contributed by atoms with Crippen molar-refractivity contribution in [2.45, 2.75) is 38.6 Å². The third-order valence-corrected chi connectivity index (χ3v) is 5.19. The lowest BCUT2D eigenvalue weighted by molar-refractivity contribution is -0.137. The second-order valence-corrected chi connectivity index (χ2v) is 6.52. The third-order valence-electron chi connectivity index (χ3n) is 4.17. The van der Waals surface area contributed by atoms with E-state index in [1.54, 1.807) is 11.3 Å². The molecule has 2 aliphatic heterocycles. The quantitative estimate of drug-likeness (QED) is 0.855. The molecule has 5 heteroatoms. The first-order valence-electron chi connectivity index (χ1n) is 7.35. The van der Waals surface area contributed by atoms with E-state index in [1.165, 1.54) is 10.4 Å². The van der Waals surface area contributed by atoms with Gasteiger partial charge in [0.05, 0.1) is 0 Å². The number of carbonyl (C=O) groups excluding carboxylic acids is 2. The van der Waals surface area contributed by atoms with Gasteiger partial charge in [-0.2, -0.15) is 0 Å². The molecule has 0 atom stereocenters. The van der Waals surface area contributed by atoms with Crippen molar-refractivity contribution < 1.29 is 9.59 Å². The lowest BCUT2D eigenvalue weighted by Crippen LogP contribution is -2.36. The van der Waals surface area contributed by atoms with Gasteiger partial charge in [0.1, 0.15) is 0 Å². The van der Waals surface area contributed by atoms with Crippen molar-refractivity contribution in [1.29, 1.82) is 0 Å². The van der Waals surface area contributed by atoms with Crippen molar-refractivity contribution in [2.75, 3.05) is 19.6 Å². The first-order chi connectivity index (χ1) is 9.74. The molecule has 1 aromatic rings. The van der Waals surface area contributed by atoms with E-state index in [0.717, 1.165) is 45.4 Å². The van der Waals surface area contributed by atoms with Crippen molar-refractivity contribution in [3.05, 3.63) is 21.9 Å². The molecule has 0 saturated carbocycles. The van der Waals surface area contributed by atoms with Gasteiger partial charge in [0.15, 0.2) is 0 Å². The summed E-state index contributed by atoms with van der Waals surface area (Å²) in [6.07, 6.45) is 3.89. The second kappa shape index (κ2) is 5.95. The third kappa shape index (κ3) is 2.87. The van der Waals surface area contributed by atoms with Crippen LogP contribution < -0.4 is 0 Å². The summed E-state index contributed by atoms with van der Waals surface area (Å²) in [5.41, 5.74) is 1.28. The molecule has 2 aliphatic rings. The molecule has 0 unspecified atom stereocenters. The Bertz CT molecular complexity index is 506. The number of thiophene rings is 1. The molecule has 108 valence electrons. The molecule has 0 radical (unpaired) electrons. The second-order valence-electron chi connectivity index (χ2n) is 5.52. The van der Waals surface area contributed by atoms with Gasteiger partial charge < -0.3 is 9.80 Å². The van der Waals surface area contributed by atoms with Gasteiger partial charge >= 0.3 is 0 Å². The van der Waals surface area contributed by atoms with Crippen molar-refractivity contribution in [3.63, 3.8) is 0 Å². The summed E-state index contributed by atoms with van der Waals surface area (Å²) in [6.45, 7) is 3.25. The fourth-order valence-electron chi connectivity index (χ4n) is 2.96. The maximum atomic E-state index is 12.2. The van der Waals surface area contributed by atoms with Gasteiger partial charge in [-0.15, -0.1) is 11.3 Å². The van der Waals surface area contributed by atoms with Gasteiger partial charge in [-0.1, -0.05) is 0 Å². The van der Waals surface area contributed by atoms with Gasteiger partial charge in [-0.05, 0) is 36.3 Å². The van der Waals surface area contributed by atoms with Crippen molar-refractivity contribution in [2.24, 2.45) is 0 Å². The standard InChI is InChI=1S/C15H20N2O2S/c18-14(16-7-1-2-8-16)3-4-15(19)17-9-5-13-12(11-17)6-10-20-13/h6,10H,1-5,7-9,11H2. The van der Waals surface area contributed by atoms with E-state index in [4.69, 9.17) is 0 Å². The average molecular weight is 292 g/mol. The predicted molar refractivity (Wildman–Crippen MR) is 78.5 cm³/mol. The Hall–Kier alpha value is -1.36. The van der Waals surface area contributed by atoms with Crippen LogP contribution in [0.15, 0.2) is 11.4 Å². The zero-order chi connectivity index (χ0) is 13.9. The van der Waals surface area contributed by atoms with E-state index in [2.05, 4.69) is 11.4 Å². The minimum atomic E-state index is 0.120. The van der Waals surface area contributed by atoms with E-state index >= 15 is 0 Å². The highest BCUT2D eigenvalue weighted by atomic mass is 32.1. The Labute approximate surface area is 123 Å². The highest BCUT2D eigenvalue weighted by Gasteiger charge is 2.23. The lowest BCUT2D eigenvalue weighted by Gasteiger charge is -2.27. The Balaban J connectivity index is 1.49. The number of hydrogen-bond donors (Lipinski definition) is 0. The molecule has 1 saturated heterocycles. The van der Waals surface area contributed by atoms with Crippen molar-refractivity contribution in [1.82, 2.24) is 9.80 Å². The predicted octanol–water partition coefficient (Wildman–Crippen LogP) is 2.04. The SMILES string of the molecule is O=C(CCC(=O)N1CCc2sccc2C1)N1CCCC1. The number of hydrogen-bond acceptors (Lipinski definition) is 3. The molecular formula is C15H20N2O2S. The van der Waals surface area contributed by atoms with Crippen LogP contribution in [0.25, 0.3) is 0 Å². The van der Waals surface area contributed by atoms with Crippen molar-refractivity contribution >= 4 is 23.2 Å². The molecule has 0 bridgehead atoms. The molecule has 3 heterocycles. The van der Waals surface area contributed by atoms with Gasteiger partial charge in [0.25, 0.3) is 0 Å². The first-order valence-corrected chi connectivity index (χ1v) is 8.23. The molecule has 3 rings (SSSR count). The minimum absolute atomic E-state index is 0.120. The topological polar surface area (TPSA) is 40.6 Å². The Morgan fingerprint density at radius 1 is 1.05 bits per heavy atom. The summed E-state index contributed by atoms with van der Waals surface area (Å²) in [6, 6.07) is 2.11. The Morgan fingerprint density at radius 3 is 2.50 bits per heavy atom. The Kier molecular flexibility index (Phi) is 4.05. The van der Waals surface area contributed by atoms with E-state index in [-0.39, 0.29) is 11.8 Å². The maximum absolute atomic E-state index is 12.2. The summed E-state index contributed by atoms with van der Waals surface area (Å²) in [5.74, 6) is 0.262. The molecule has 4 nitrogen and oxygen atoms in total. The molecule has 0 aliphatic carbocycles. The highest BCUT2D eigenvalue weighted by molar-refractivity contribution is 7.10. The zero-order valence-corrected chi connectivity index (χ0v) is 12.5. The number of rotatable bonds is 3. The van der Waals surface area contributed by atoms with E-state index in [9.17, 15) is 9.59 Å². The number of nitrogens with zero attached hydrogens (tertiary/aromatic N) is 2. The van der Waals surface area contributed by atoms with E-state index < -0.39 is 0 Å². The molecule has 20 heavy (non-hydrogen) atoms. The molecule has 1 fully saturated rings. The molecule has 2 amide bonds. The number of carbonyl (C=O) groups is 2. The van der Waals surface area contributed by atoms with Gasteiger partial charge in [-0.25, -0.2) is 0 Å². The van der Waals surface area contributed by atoms with Crippen LogP contribution in [0.5, 0.6) is 0 Å². The molecule has 0 N–H and O–H groups in total. The van der Waals surface area contributed by atoms with Crippen LogP contribution in [-0.2, 0) is 22.6 Å². The van der Waals surface area contributed by atoms with Crippen LogP contribution in [0.2, 0.25) is 0 Å². The van der Waals surface area contributed by atoms with E-state index in [0.29, 0.717) is 12.8 Å². The zero-order valence-electron chi connectivity index (χ0n) is 11.6. The van der Waals surface area contributed by atoms with Crippen LogP contribution in [0.4, 0.5) is 0 Å². The summed E-state index contributed by atoms with van der Waals surface area (Å²) in [4.78, 5) is 29.3. The van der Waals surface area contributed by atoms with E-state index in [1.807, 2.05) is 9.80 Å². The average Bonchev–Trinajstić information content (AvgIpc) is 3.13. The smallest absolute Gasteiger partial charge is 0.223 e. The molecular weight excluding hydrogens is 272 g/mol. The normalized spacial score (nSPS) is 18.2. The molecule has 1 aromatic heterocycles. The fraction of sp³-hybridized carbons (Fsp3) is 0.600. The lowest BCUT2D eigenvalue weighted by atomic mass is 10.1. The van der Waals surface area contributed by atoms with Crippen LogP contribution in [0.3, 0.4) is 0 Å². The number of likely N-dealkylation sites (tertiary alicyclic amines) is 1. The largest absolute Gasteiger partial charge is 0.343 e. The molecule has 0 aromatic carbocycles. The maximum Gasteiger partial charge on any atom is 0.223 e.